The molecule has 0 spiro atoms. The zero-order chi connectivity index (χ0) is 8.53. The topological polar surface area (TPSA) is 64.3 Å². The number of hydrogen-bond acceptors (Lipinski definition) is 4. The van der Waals surface area contributed by atoms with Crippen LogP contribution in [0.25, 0.3) is 0 Å². The Labute approximate surface area is 70.8 Å². The van der Waals surface area contributed by atoms with E-state index in [0.717, 1.165) is 18.1 Å². The van der Waals surface area contributed by atoms with Gasteiger partial charge in [-0.2, -0.15) is 11.8 Å². The molecule has 0 atom stereocenters. The van der Waals surface area contributed by atoms with Gasteiger partial charge in [0.05, 0.1) is 6.61 Å². The number of hydrogen-bond donors (Lipinski definition) is 2. The highest BCUT2D eigenvalue weighted by molar-refractivity contribution is 7.99. The van der Waals surface area contributed by atoms with E-state index in [-0.39, 0.29) is 5.91 Å². The molecule has 0 radical (unpaired) electrons. The van der Waals surface area contributed by atoms with Gasteiger partial charge in [-0.1, -0.05) is 0 Å². The lowest BCUT2D eigenvalue weighted by atomic mass is 10.5. The number of nitrogens with one attached hydrogen (secondary N) is 1. The molecule has 0 unspecified atom stereocenters. The van der Waals surface area contributed by atoms with Crippen molar-refractivity contribution < 1.29 is 9.53 Å². The molecular weight excluding hydrogens is 164 g/mol. The molecule has 0 aromatic rings. The summed E-state index contributed by atoms with van der Waals surface area (Å²) in [4.78, 5) is 10.6. The summed E-state index contributed by atoms with van der Waals surface area (Å²) >= 11 is 1.68. The summed E-state index contributed by atoms with van der Waals surface area (Å²) in [5.74, 6) is 6.49. The van der Waals surface area contributed by atoms with Crippen LogP contribution in [-0.4, -0.2) is 31.1 Å². The van der Waals surface area contributed by atoms with Crippen LogP contribution in [0.4, 0.5) is 0 Å². The predicted octanol–water partition coefficient (Wildman–Crippen LogP) is -0.254. The van der Waals surface area contributed by atoms with Crippen molar-refractivity contribution in [2.45, 2.75) is 6.42 Å². The molecule has 0 bridgehead atoms. The summed E-state index contributed by atoms with van der Waals surface area (Å²) < 4.78 is 4.83. The molecule has 0 aliphatic carbocycles. The van der Waals surface area contributed by atoms with Crippen LogP contribution in [0.3, 0.4) is 0 Å². The molecule has 11 heavy (non-hydrogen) atoms. The highest BCUT2D eigenvalue weighted by Gasteiger charge is 1.96. The molecule has 1 amide bonds. The van der Waals surface area contributed by atoms with E-state index >= 15 is 0 Å². The minimum absolute atomic E-state index is 0.116. The zero-order valence-corrected chi connectivity index (χ0v) is 7.45. The Bertz CT molecular complexity index is 111. The van der Waals surface area contributed by atoms with Crippen molar-refractivity contribution in [3.63, 3.8) is 0 Å². The van der Waals surface area contributed by atoms with Gasteiger partial charge in [0.1, 0.15) is 0 Å². The third kappa shape index (κ3) is 7.64. The van der Waals surface area contributed by atoms with E-state index < -0.39 is 0 Å². The number of thioether (sulfide) groups is 1. The summed E-state index contributed by atoms with van der Waals surface area (Å²) in [7, 11) is 1.66. The van der Waals surface area contributed by atoms with E-state index in [0.29, 0.717) is 6.42 Å². The van der Waals surface area contributed by atoms with E-state index in [4.69, 9.17) is 10.6 Å². The second-order valence-electron chi connectivity index (χ2n) is 1.92. The van der Waals surface area contributed by atoms with Crippen molar-refractivity contribution in [3.05, 3.63) is 0 Å². The number of amides is 1. The minimum Gasteiger partial charge on any atom is -0.384 e. The van der Waals surface area contributed by atoms with Gasteiger partial charge in [-0.25, -0.2) is 5.84 Å². The maximum absolute atomic E-state index is 10.6. The summed E-state index contributed by atoms with van der Waals surface area (Å²) in [5, 5.41) is 0. The standard InChI is InChI=1S/C6H14N2O2S/c1-10-3-5-11-4-2-6(9)8-7/h2-5,7H2,1H3,(H,8,9). The molecule has 66 valence electrons. The quantitative estimate of drug-likeness (QED) is 0.255. The lowest BCUT2D eigenvalue weighted by Crippen LogP contribution is -2.30. The zero-order valence-electron chi connectivity index (χ0n) is 6.63. The van der Waals surface area contributed by atoms with Crippen LogP contribution < -0.4 is 11.3 Å². The van der Waals surface area contributed by atoms with Crippen LogP contribution in [0.2, 0.25) is 0 Å². The molecule has 0 aliphatic rings. The molecule has 0 rings (SSSR count). The Kier molecular flexibility index (Phi) is 7.66. The van der Waals surface area contributed by atoms with Gasteiger partial charge in [0.15, 0.2) is 0 Å². The Morgan fingerprint density at radius 2 is 2.36 bits per heavy atom. The van der Waals surface area contributed by atoms with Crippen LogP contribution in [0.15, 0.2) is 0 Å². The molecule has 0 saturated heterocycles. The third-order valence-corrected chi connectivity index (χ3v) is 2.01. The number of ether oxygens (including phenoxy) is 1. The van der Waals surface area contributed by atoms with Gasteiger partial charge in [-0.15, -0.1) is 0 Å². The first-order valence-corrected chi connectivity index (χ1v) is 4.53. The van der Waals surface area contributed by atoms with Crippen molar-refractivity contribution in [2.24, 2.45) is 5.84 Å². The highest BCUT2D eigenvalue weighted by Crippen LogP contribution is 2.00. The number of hydrazine groups is 1. The monoisotopic (exact) mass is 178 g/mol. The Balaban J connectivity index is 2.95. The SMILES string of the molecule is COCCSCCC(=O)NN. The van der Waals surface area contributed by atoms with Gasteiger partial charge in [0.25, 0.3) is 0 Å². The van der Waals surface area contributed by atoms with Gasteiger partial charge in [0.2, 0.25) is 5.91 Å². The first kappa shape index (κ1) is 10.7. The van der Waals surface area contributed by atoms with E-state index in [9.17, 15) is 4.79 Å². The van der Waals surface area contributed by atoms with Crippen molar-refractivity contribution in [1.29, 1.82) is 0 Å². The number of carbonyl (C=O) groups excluding carboxylic acids is 1. The number of rotatable bonds is 6. The van der Waals surface area contributed by atoms with E-state index in [1.54, 1.807) is 18.9 Å². The van der Waals surface area contributed by atoms with Gasteiger partial charge >= 0.3 is 0 Å². The van der Waals surface area contributed by atoms with E-state index in [1.807, 2.05) is 0 Å². The van der Waals surface area contributed by atoms with E-state index in [2.05, 4.69) is 5.43 Å². The summed E-state index contributed by atoms with van der Waals surface area (Å²) in [6, 6.07) is 0. The maximum atomic E-state index is 10.6. The summed E-state index contributed by atoms with van der Waals surface area (Å²) in [6.07, 6.45) is 0.477. The van der Waals surface area contributed by atoms with Crippen LogP contribution in [0.1, 0.15) is 6.42 Å². The molecule has 5 heteroatoms. The Morgan fingerprint density at radius 3 is 2.91 bits per heavy atom. The largest absolute Gasteiger partial charge is 0.384 e. The van der Waals surface area contributed by atoms with E-state index in [1.165, 1.54) is 0 Å². The van der Waals surface area contributed by atoms with Crippen LogP contribution in [0, 0.1) is 0 Å². The number of nitrogens with two attached hydrogens (primary N) is 1. The molecule has 0 saturated carbocycles. The number of carbonyl (C=O) groups is 1. The van der Waals surface area contributed by atoms with Crippen molar-refractivity contribution in [2.75, 3.05) is 25.2 Å². The fourth-order valence-corrected chi connectivity index (χ4v) is 1.30. The molecule has 3 N–H and O–H groups in total. The number of methoxy groups -OCH3 is 1. The third-order valence-electron chi connectivity index (χ3n) is 1.07. The fourth-order valence-electron chi connectivity index (χ4n) is 0.481. The lowest BCUT2D eigenvalue weighted by Gasteiger charge is -1.99. The highest BCUT2D eigenvalue weighted by atomic mass is 32.2. The van der Waals surface area contributed by atoms with Crippen molar-refractivity contribution in [3.8, 4) is 0 Å². The molecule has 0 aliphatic heterocycles. The molecule has 0 aromatic carbocycles. The lowest BCUT2D eigenvalue weighted by molar-refractivity contribution is -0.120. The minimum atomic E-state index is -0.116. The average Bonchev–Trinajstić information content (AvgIpc) is 2.04. The smallest absolute Gasteiger partial charge is 0.234 e. The van der Waals surface area contributed by atoms with Crippen LogP contribution in [0.5, 0.6) is 0 Å². The van der Waals surface area contributed by atoms with Gasteiger partial charge in [-0.05, 0) is 0 Å². The van der Waals surface area contributed by atoms with Crippen LogP contribution in [-0.2, 0) is 9.53 Å². The summed E-state index contributed by atoms with van der Waals surface area (Å²) in [5.41, 5.74) is 2.07. The average molecular weight is 178 g/mol. The fraction of sp³-hybridized carbons (Fsp3) is 0.833. The van der Waals surface area contributed by atoms with Crippen molar-refractivity contribution >= 4 is 17.7 Å². The molecule has 4 nitrogen and oxygen atoms in total. The van der Waals surface area contributed by atoms with Gasteiger partial charge < -0.3 is 4.74 Å². The van der Waals surface area contributed by atoms with Gasteiger partial charge in [0, 0.05) is 25.0 Å². The normalized spacial score (nSPS) is 9.64. The van der Waals surface area contributed by atoms with Gasteiger partial charge in [-0.3, -0.25) is 10.2 Å². The maximum Gasteiger partial charge on any atom is 0.234 e. The first-order valence-electron chi connectivity index (χ1n) is 3.37. The van der Waals surface area contributed by atoms with Crippen LogP contribution >= 0.6 is 11.8 Å². The first-order chi connectivity index (χ1) is 5.31. The second kappa shape index (κ2) is 7.84. The predicted molar refractivity (Wildman–Crippen MR) is 46.1 cm³/mol. The summed E-state index contributed by atoms with van der Waals surface area (Å²) in [6.45, 7) is 0.731. The van der Waals surface area contributed by atoms with Crippen molar-refractivity contribution in [1.82, 2.24) is 5.43 Å². The Hall–Kier alpha value is -0.260. The molecule has 0 fully saturated rings. The Morgan fingerprint density at radius 1 is 1.64 bits per heavy atom. The molecular formula is C6H14N2O2S. The second-order valence-corrected chi connectivity index (χ2v) is 3.15. The molecule has 0 heterocycles. The molecule has 0 aromatic heterocycles.